The van der Waals surface area contributed by atoms with Gasteiger partial charge in [0.05, 0.1) is 23.6 Å². The number of nitrogens with zero attached hydrogens (tertiary/aromatic N) is 7. The highest BCUT2D eigenvalue weighted by molar-refractivity contribution is 7.81. The number of nitrogens with one attached hydrogen (secondary N) is 3. The van der Waals surface area contributed by atoms with Crippen molar-refractivity contribution in [1.82, 2.24) is 44.9 Å². The smallest absolute Gasteiger partial charge is 0.222 e. The fourth-order valence-electron chi connectivity index (χ4n) is 4.31. The summed E-state index contributed by atoms with van der Waals surface area (Å²) in [6.07, 6.45) is 6.08. The number of fused-ring (bicyclic) bond motifs is 2. The van der Waals surface area contributed by atoms with Crippen molar-refractivity contribution in [2.24, 2.45) is 0 Å². The molecule has 3 aromatic heterocycles. The molecule has 2 aliphatic rings. The van der Waals surface area contributed by atoms with Gasteiger partial charge in [-0.2, -0.15) is 20.5 Å². The number of aromatic amines is 2. The zero-order valence-corrected chi connectivity index (χ0v) is 18.5. The Balaban J connectivity index is 1.07. The lowest BCUT2D eigenvalue weighted by Crippen LogP contribution is -2.33. The largest absolute Gasteiger partial charge is 0.351 e. The molecule has 168 valence electrons. The fourth-order valence-corrected chi connectivity index (χ4v) is 5.42. The van der Waals surface area contributed by atoms with Crippen LogP contribution in [0.3, 0.4) is 0 Å². The summed E-state index contributed by atoms with van der Waals surface area (Å²) in [5, 5.41) is 21.4. The van der Waals surface area contributed by atoms with Crippen LogP contribution < -0.4 is 5.32 Å². The first-order chi connectivity index (χ1) is 16.2. The fraction of sp³-hybridized carbons (Fsp3) is 0.333. The maximum Gasteiger partial charge on any atom is 0.222 e. The van der Waals surface area contributed by atoms with Crippen molar-refractivity contribution in [3.8, 4) is 11.4 Å². The zero-order chi connectivity index (χ0) is 22.2. The van der Waals surface area contributed by atoms with Crippen LogP contribution in [-0.2, 0) is 42.5 Å². The van der Waals surface area contributed by atoms with Gasteiger partial charge in [0, 0.05) is 31.4 Å². The van der Waals surface area contributed by atoms with Crippen molar-refractivity contribution in [3.63, 3.8) is 0 Å². The van der Waals surface area contributed by atoms with Crippen LogP contribution in [0.15, 0.2) is 36.7 Å². The molecule has 11 nitrogen and oxygen atoms in total. The minimum atomic E-state index is -1.24. The number of hydrogen-bond donors (Lipinski definition) is 3. The molecular weight excluding hydrogens is 440 g/mol. The molecule has 4 heterocycles. The topological polar surface area (TPSA) is 141 Å². The summed E-state index contributed by atoms with van der Waals surface area (Å²) in [7, 11) is -1.24. The molecule has 1 unspecified atom stereocenters. The highest BCUT2D eigenvalue weighted by Gasteiger charge is 2.25. The summed E-state index contributed by atoms with van der Waals surface area (Å²) in [4.78, 5) is 13.4. The second-order valence-corrected chi connectivity index (χ2v) is 9.66. The first kappa shape index (κ1) is 20.1. The normalized spacial score (nSPS) is 17.0. The molecule has 3 N–H and O–H groups in total. The molecule has 0 spiro atoms. The second-order valence-electron chi connectivity index (χ2n) is 8.22. The van der Waals surface area contributed by atoms with Gasteiger partial charge in [0.1, 0.15) is 22.5 Å². The summed E-state index contributed by atoms with van der Waals surface area (Å²) in [5.41, 5.74) is 5.25. The predicted octanol–water partition coefficient (Wildman–Crippen LogP) is 1.18. The van der Waals surface area contributed by atoms with Crippen molar-refractivity contribution in [1.29, 1.82) is 0 Å². The van der Waals surface area contributed by atoms with E-state index in [9.17, 15) is 4.21 Å². The van der Waals surface area contributed by atoms with Gasteiger partial charge in [0.2, 0.25) is 5.95 Å². The van der Waals surface area contributed by atoms with Crippen LogP contribution >= 0.6 is 0 Å². The Morgan fingerprint density at radius 1 is 1.06 bits per heavy atom. The molecule has 1 aliphatic carbocycles. The van der Waals surface area contributed by atoms with E-state index in [0.29, 0.717) is 42.3 Å². The minimum absolute atomic E-state index is 0.253. The van der Waals surface area contributed by atoms with Crippen molar-refractivity contribution in [3.05, 3.63) is 65.0 Å². The summed E-state index contributed by atoms with van der Waals surface area (Å²) in [6, 6.07) is 8.79. The first-order valence-electron chi connectivity index (χ1n) is 10.8. The Morgan fingerprint density at radius 3 is 2.61 bits per heavy atom. The maximum absolute atomic E-state index is 12.8. The average molecular weight is 463 g/mol. The first-order valence-corrected chi connectivity index (χ1v) is 12.1. The summed E-state index contributed by atoms with van der Waals surface area (Å²) in [6.45, 7) is 1.18. The molecule has 0 amide bonds. The molecule has 0 radical (unpaired) electrons. The Hall–Kier alpha value is -3.51. The average Bonchev–Trinajstić information content (AvgIpc) is 3.58. The van der Waals surface area contributed by atoms with Crippen LogP contribution in [0.5, 0.6) is 0 Å². The number of benzene rings is 1. The van der Waals surface area contributed by atoms with E-state index in [0.717, 1.165) is 30.7 Å². The molecule has 6 rings (SSSR count). The van der Waals surface area contributed by atoms with E-state index in [-0.39, 0.29) is 5.75 Å². The van der Waals surface area contributed by atoms with E-state index in [1.165, 1.54) is 11.1 Å². The van der Waals surface area contributed by atoms with Crippen molar-refractivity contribution >= 4 is 16.9 Å². The van der Waals surface area contributed by atoms with E-state index in [1.807, 2.05) is 4.31 Å². The molecular formula is C21H22N10OS. The molecule has 4 aromatic rings. The van der Waals surface area contributed by atoms with E-state index < -0.39 is 11.0 Å². The number of anilines is 1. The Labute approximate surface area is 192 Å². The second kappa shape index (κ2) is 8.45. The van der Waals surface area contributed by atoms with Crippen LogP contribution in [0.2, 0.25) is 0 Å². The third-order valence-electron chi connectivity index (χ3n) is 6.00. The molecule has 1 aromatic carbocycles. The standard InChI is InChI=1S/C21H22N10OS/c32-33(31-6-5-17-18(11-31)27-30-26-17)12-19-25-20(29-28-19)15-9-22-21(23-10-15)24-16-7-13-3-1-2-4-14(13)8-16/h1-4,9-10,16H,5-8,11-12H2,(H,22,23,24)(H,25,28,29)(H,26,27,30). The van der Waals surface area contributed by atoms with Crippen molar-refractivity contribution < 1.29 is 4.21 Å². The van der Waals surface area contributed by atoms with Gasteiger partial charge in [-0.15, -0.1) is 0 Å². The molecule has 0 fully saturated rings. The van der Waals surface area contributed by atoms with E-state index in [1.54, 1.807) is 12.4 Å². The van der Waals surface area contributed by atoms with Gasteiger partial charge in [-0.05, 0) is 24.0 Å². The van der Waals surface area contributed by atoms with Crippen LogP contribution in [-0.4, -0.2) is 61.7 Å². The minimum Gasteiger partial charge on any atom is -0.351 e. The Bertz CT molecular complexity index is 1280. The number of H-pyrrole nitrogens is 2. The maximum atomic E-state index is 12.8. The third kappa shape index (κ3) is 4.14. The number of aromatic nitrogens is 8. The van der Waals surface area contributed by atoms with Gasteiger partial charge in [-0.3, -0.25) is 5.10 Å². The Kier molecular flexibility index (Phi) is 5.15. The van der Waals surface area contributed by atoms with Crippen LogP contribution in [0.4, 0.5) is 5.95 Å². The third-order valence-corrected chi connectivity index (χ3v) is 7.41. The van der Waals surface area contributed by atoms with Gasteiger partial charge in [0.25, 0.3) is 0 Å². The highest BCUT2D eigenvalue weighted by Crippen LogP contribution is 2.24. The lowest BCUT2D eigenvalue weighted by atomic mass is 10.1. The lowest BCUT2D eigenvalue weighted by molar-refractivity contribution is 0.412. The van der Waals surface area contributed by atoms with E-state index in [4.69, 9.17) is 0 Å². The van der Waals surface area contributed by atoms with E-state index in [2.05, 4.69) is 70.1 Å². The van der Waals surface area contributed by atoms with Crippen LogP contribution in [0, 0.1) is 0 Å². The quantitative estimate of drug-likeness (QED) is 0.388. The molecule has 0 saturated carbocycles. The van der Waals surface area contributed by atoms with Crippen molar-refractivity contribution in [2.45, 2.75) is 37.6 Å². The molecule has 1 atom stereocenters. The highest BCUT2D eigenvalue weighted by atomic mass is 32.2. The molecule has 1 aliphatic heterocycles. The number of rotatable bonds is 6. The van der Waals surface area contributed by atoms with Gasteiger partial charge in [-0.25, -0.2) is 23.5 Å². The summed E-state index contributed by atoms with van der Waals surface area (Å²) >= 11 is 0. The van der Waals surface area contributed by atoms with Crippen molar-refractivity contribution in [2.75, 3.05) is 11.9 Å². The Morgan fingerprint density at radius 2 is 1.82 bits per heavy atom. The summed E-state index contributed by atoms with van der Waals surface area (Å²) < 4.78 is 14.7. The monoisotopic (exact) mass is 462 g/mol. The van der Waals surface area contributed by atoms with Gasteiger partial charge >= 0.3 is 0 Å². The molecule has 12 heteroatoms. The van der Waals surface area contributed by atoms with Crippen LogP contribution in [0.25, 0.3) is 11.4 Å². The number of hydrogen-bond acceptors (Lipinski definition) is 8. The SMILES string of the molecule is O=S(Cc1nc(-c2cnc(NC3Cc4ccccc4C3)nc2)n[nH]1)N1CCc2n[nH]nc2C1. The molecule has 33 heavy (non-hydrogen) atoms. The zero-order valence-electron chi connectivity index (χ0n) is 17.7. The van der Waals surface area contributed by atoms with Gasteiger partial charge in [-0.1, -0.05) is 24.3 Å². The molecule has 0 saturated heterocycles. The van der Waals surface area contributed by atoms with Gasteiger partial charge in [0.15, 0.2) is 5.82 Å². The van der Waals surface area contributed by atoms with E-state index >= 15 is 0 Å². The van der Waals surface area contributed by atoms with Gasteiger partial charge < -0.3 is 5.32 Å². The molecule has 0 bridgehead atoms. The lowest BCUT2D eigenvalue weighted by Gasteiger charge is -2.23. The van der Waals surface area contributed by atoms with Crippen LogP contribution in [0.1, 0.15) is 28.3 Å². The predicted molar refractivity (Wildman–Crippen MR) is 121 cm³/mol. The summed E-state index contributed by atoms with van der Waals surface area (Å²) in [5.74, 6) is 1.88.